The Morgan fingerprint density at radius 3 is 2.75 bits per heavy atom. The van der Waals surface area contributed by atoms with E-state index >= 15 is 0 Å². The van der Waals surface area contributed by atoms with E-state index in [1.807, 2.05) is 0 Å². The Labute approximate surface area is 98.7 Å². The van der Waals surface area contributed by atoms with Gasteiger partial charge in [-0.2, -0.15) is 0 Å². The van der Waals surface area contributed by atoms with E-state index < -0.39 is 11.8 Å². The van der Waals surface area contributed by atoms with E-state index in [-0.39, 0.29) is 16.7 Å². The molecule has 0 aliphatic heterocycles. The van der Waals surface area contributed by atoms with Crippen LogP contribution >= 0.6 is 11.6 Å². The maximum Gasteiger partial charge on any atom is 0.331 e. The smallest absolute Gasteiger partial charge is 0.331 e. The van der Waals surface area contributed by atoms with Gasteiger partial charge in [0.15, 0.2) is 0 Å². The summed E-state index contributed by atoms with van der Waals surface area (Å²) in [5, 5.41) is 0.258. The number of ether oxygens (including phenoxy) is 1. The van der Waals surface area contributed by atoms with E-state index in [4.69, 9.17) is 16.3 Å². The van der Waals surface area contributed by atoms with Crippen molar-refractivity contribution in [3.63, 3.8) is 0 Å². The summed E-state index contributed by atoms with van der Waals surface area (Å²) in [6.07, 6.45) is 2.26. The molecule has 0 aliphatic carbocycles. The Bertz CT molecular complexity index is 393. The fourth-order valence-corrected chi connectivity index (χ4v) is 1.32. The van der Waals surface area contributed by atoms with Crippen LogP contribution in [0.2, 0.25) is 5.02 Å². The Morgan fingerprint density at radius 1 is 1.50 bits per heavy atom. The van der Waals surface area contributed by atoms with Crippen molar-refractivity contribution in [2.45, 2.75) is 20.0 Å². The second-order valence-electron chi connectivity index (χ2n) is 3.45. The van der Waals surface area contributed by atoms with E-state index in [2.05, 4.69) is 0 Å². The van der Waals surface area contributed by atoms with Gasteiger partial charge in [0, 0.05) is 11.6 Å². The average molecular weight is 243 g/mol. The highest BCUT2D eigenvalue weighted by Gasteiger charge is 2.05. The van der Waals surface area contributed by atoms with Gasteiger partial charge in [-0.1, -0.05) is 17.7 Å². The Balaban J connectivity index is 2.80. The molecular weight excluding hydrogens is 231 g/mol. The van der Waals surface area contributed by atoms with Crippen molar-refractivity contribution in [1.29, 1.82) is 0 Å². The molecule has 0 atom stereocenters. The predicted octanol–water partition coefficient (Wildman–Crippen LogP) is 3.44. The van der Waals surface area contributed by atoms with Gasteiger partial charge in [0.1, 0.15) is 5.82 Å². The number of esters is 1. The summed E-state index contributed by atoms with van der Waals surface area (Å²) in [5.74, 6) is -0.990. The molecule has 1 aromatic carbocycles. The summed E-state index contributed by atoms with van der Waals surface area (Å²) >= 11 is 5.78. The van der Waals surface area contributed by atoms with Crippen molar-refractivity contribution >= 4 is 23.6 Å². The molecule has 0 radical (unpaired) electrons. The van der Waals surface area contributed by atoms with Crippen LogP contribution in [-0.4, -0.2) is 12.1 Å². The van der Waals surface area contributed by atoms with Crippen molar-refractivity contribution in [1.82, 2.24) is 0 Å². The van der Waals surface area contributed by atoms with Crippen LogP contribution in [0, 0.1) is 5.82 Å². The first-order valence-electron chi connectivity index (χ1n) is 4.83. The van der Waals surface area contributed by atoms with Crippen LogP contribution in [0.15, 0.2) is 24.3 Å². The number of benzene rings is 1. The SMILES string of the molecule is CC(C)OC(=O)C=Cc1c(F)cccc1Cl. The van der Waals surface area contributed by atoms with Gasteiger partial charge >= 0.3 is 5.97 Å². The Hall–Kier alpha value is -1.35. The van der Waals surface area contributed by atoms with Crippen LogP contribution in [0.25, 0.3) is 6.08 Å². The van der Waals surface area contributed by atoms with E-state index in [0.717, 1.165) is 6.08 Å². The van der Waals surface area contributed by atoms with Gasteiger partial charge in [-0.25, -0.2) is 9.18 Å². The number of hydrogen-bond acceptors (Lipinski definition) is 2. The molecule has 1 aromatic rings. The largest absolute Gasteiger partial charge is 0.460 e. The third-order valence-electron chi connectivity index (χ3n) is 1.74. The minimum Gasteiger partial charge on any atom is -0.460 e. The molecule has 1 rings (SSSR count). The van der Waals surface area contributed by atoms with Crippen LogP contribution in [-0.2, 0) is 9.53 Å². The zero-order chi connectivity index (χ0) is 12.1. The molecule has 86 valence electrons. The van der Waals surface area contributed by atoms with Gasteiger partial charge < -0.3 is 4.74 Å². The summed E-state index contributed by atoms with van der Waals surface area (Å²) in [7, 11) is 0. The number of rotatable bonds is 3. The first kappa shape index (κ1) is 12.7. The van der Waals surface area contributed by atoms with Gasteiger partial charge in [-0.15, -0.1) is 0 Å². The lowest BCUT2D eigenvalue weighted by molar-refractivity contribution is -0.141. The average Bonchev–Trinajstić information content (AvgIpc) is 2.15. The molecule has 4 heteroatoms. The first-order valence-corrected chi connectivity index (χ1v) is 5.21. The van der Waals surface area contributed by atoms with Crippen molar-refractivity contribution in [2.24, 2.45) is 0 Å². The summed E-state index contributed by atoms with van der Waals surface area (Å²) in [6, 6.07) is 4.33. The second-order valence-corrected chi connectivity index (χ2v) is 3.86. The van der Waals surface area contributed by atoms with Crippen molar-refractivity contribution in [3.8, 4) is 0 Å². The zero-order valence-electron chi connectivity index (χ0n) is 9.04. The van der Waals surface area contributed by atoms with E-state index in [1.165, 1.54) is 18.2 Å². The number of hydrogen-bond donors (Lipinski definition) is 0. The predicted molar refractivity (Wildman–Crippen MR) is 61.7 cm³/mol. The summed E-state index contributed by atoms with van der Waals surface area (Å²) < 4.78 is 18.1. The van der Waals surface area contributed by atoms with Crippen LogP contribution in [0.4, 0.5) is 4.39 Å². The summed E-state index contributed by atoms with van der Waals surface area (Å²) in [5.41, 5.74) is 0.185. The molecule has 0 saturated carbocycles. The highest BCUT2D eigenvalue weighted by Crippen LogP contribution is 2.20. The molecule has 2 nitrogen and oxygen atoms in total. The minimum absolute atomic E-state index is 0.185. The molecule has 0 aliphatic rings. The molecule has 0 N–H and O–H groups in total. The first-order chi connectivity index (χ1) is 7.50. The third kappa shape index (κ3) is 3.66. The Morgan fingerprint density at radius 2 is 2.19 bits per heavy atom. The molecule has 0 aromatic heterocycles. The summed E-state index contributed by atoms with van der Waals surface area (Å²) in [4.78, 5) is 11.2. The highest BCUT2D eigenvalue weighted by atomic mass is 35.5. The van der Waals surface area contributed by atoms with E-state index in [9.17, 15) is 9.18 Å². The van der Waals surface area contributed by atoms with Crippen molar-refractivity contribution in [2.75, 3.05) is 0 Å². The molecule has 0 saturated heterocycles. The molecule has 0 unspecified atom stereocenters. The van der Waals surface area contributed by atoms with Gasteiger partial charge in [0.25, 0.3) is 0 Å². The zero-order valence-corrected chi connectivity index (χ0v) is 9.79. The minimum atomic E-state index is -0.519. The number of halogens is 2. The Kier molecular flexibility index (Phi) is 4.50. The van der Waals surface area contributed by atoms with Crippen LogP contribution in [0.1, 0.15) is 19.4 Å². The summed E-state index contributed by atoms with van der Waals surface area (Å²) in [6.45, 7) is 3.48. The van der Waals surface area contributed by atoms with Gasteiger partial charge in [-0.3, -0.25) is 0 Å². The van der Waals surface area contributed by atoms with Crippen LogP contribution < -0.4 is 0 Å². The van der Waals surface area contributed by atoms with Gasteiger partial charge in [0.05, 0.1) is 11.1 Å². The van der Waals surface area contributed by atoms with Crippen LogP contribution in [0.5, 0.6) is 0 Å². The van der Waals surface area contributed by atoms with Gasteiger partial charge in [-0.05, 0) is 32.1 Å². The lowest BCUT2D eigenvalue weighted by Gasteiger charge is -2.04. The quantitative estimate of drug-likeness (QED) is 0.600. The maximum atomic E-state index is 13.3. The second kappa shape index (κ2) is 5.66. The normalized spacial score (nSPS) is 11.1. The lowest BCUT2D eigenvalue weighted by atomic mass is 10.2. The van der Waals surface area contributed by atoms with Crippen molar-refractivity contribution < 1.29 is 13.9 Å². The fourth-order valence-electron chi connectivity index (χ4n) is 1.09. The van der Waals surface area contributed by atoms with Gasteiger partial charge in [0.2, 0.25) is 0 Å². The third-order valence-corrected chi connectivity index (χ3v) is 2.07. The molecular formula is C12H12ClFO2. The number of carbonyl (C=O) groups is 1. The molecule has 0 spiro atoms. The molecule has 0 bridgehead atoms. The van der Waals surface area contributed by atoms with Crippen LogP contribution in [0.3, 0.4) is 0 Å². The van der Waals surface area contributed by atoms with Crippen molar-refractivity contribution in [3.05, 3.63) is 40.7 Å². The fraction of sp³-hybridized carbons (Fsp3) is 0.250. The molecule has 16 heavy (non-hydrogen) atoms. The number of carbonyl (C=O) groups excluding carboxylic acids is 1. The standard InChI is InChI=1S/C12H12ClFO2/c1-8(2)16-12(15)7-6-9-10(13)4-3-5-11(9)14/h3-8H,1-2H3. The maximum absolute atomic E-state index is 13.3. The van der Waals surface area contributed by atoms with E-state index in [1.54, 1.807) is 19.9 Å². The monoisotopic (exact) mass is 242 g/mol. The molecule has 0 amide bonds. The lowest BCUT2D eigenvalue weighted by Crippen LogP contribution is -2.08. The molecule has 0 fully saturated rings. The highest BCUT2D eigenvalue weighted by molar-refractivity contribution is 6.32. The molecule has 0 heterocycles. The van der Waals surface area contributed by atoms with E-state index in [0.29, 0.717) is 0 Å². The topological polar surface area (TPSA) is 26.3 Å².